The van der Waals surface area contributed by atoms with Gasteiger partial charge in [-0.3, -0.25) is 14.0 Å². The van der Waals surface area contributed by atoms with Crippen LogP contribution in [-0.2, 0) is 11.3 Å². The van der Waals surface area contributed by atoms with Crippen LogP contribution in [0.1, 0.15) is 12.0 Å². The van der Waals surface area contributed by atoms with Gasteiger partial charge in [0.1, 0.15) is 6.33 Å². The number of rotatable bonds is 8. The summed E-state index contributed by atoms with van der Waals surface area (Å²) in [6, 6.07) is 9.99. The molecule has 0 bridgehead atoms. The Hall–Kier alpha value is -2.61. The van der Waals surface area contributed by atoms with Crippen LogP contribution in [0.5, 0.6) is 0 Å². The number of aryl methyl sites for hydroxylation is 2. The Morgan fingerprint density at radius 2 is 2.12 bits per heavy atom. The quantitative estimate of drug-likeness (QED) is 0.494. The van der Waals surface area contributed by atoms with Gasteiger partial charge in [-0.25, -0.2) is 0 Å². The van der Waals surface area contributed by atoms with E-state index in [1.165, 1.54) is 17.3 Å². The van der Waals surface area contributed by atoms with Gasteiger partial charge in [0, 0.05) is 31.2 Å². The van der Waals surface area contributed by atoms with Gasteiger partial charge < -0.3 is 5.32 Å². The highest BCUT2D eigenvalue weighted by molar-refractivity contribution is 7.99. The van der Waals surface area contributed by atoms with Crippen molar-refractivity contribution in [2.45, 2.75) is 25.0 Å². The van der Waals surface area contributed by atoms with Crippen LogP contribution in [0.2, 0.25) is 0 Å². The first-order valence-corrected chi connectivity index (χ1v) is 9.05. The summed E-state index contributed by atoms with van der Waals surface area (Å²) in [4.78, 5) is 12.0. The van der Waals surface area contributed by atoms with Crippen molar-refractivity contribution in [2.75, 3.05) is 12.3 Å². The number of amides is 1. The predicted molar refractivity (Wildman–Crippen MR) is 96.7 cm³/mol. The molecule has 0 saturated carbocycles. The zero-order valence-corrected chi connectivity index (χ0v) is 14.8. The van der Waals surface area contributed by atoms with Gasteiger partial charge in [-0.2, -0.15) is 5.10 Å². The lowest BCUT2D eigenvalue weighted by molar-refractivity contribution is -0.118. The molecular formula is C17H20N6OS. The van der Waals surface area contributed by atoms with Crippen molar-refractivity contribution in [3.63, 3.8) is 0 Å². The van der Waals surface area contributed by atoms with Crippen LogP contribution in [0.15, 0.2) is 54.2 Å². The van der Waals surface area contributed by atoms with Crippen LogP contribution in [0.4, 0.5) is 0 Å². The monoisotopic (exact) mass is 356 g/mol. The molecule has 25 heavy (non-hydrogen) atoms. The molecule has 0 unspecified atom stereocenters. The van der Waals surface area contributed by atoms with E-state index in [4.69, 9.17) is 0 Å². The van der Waals surface area contributed by atoms with E-state index in [0.29, 0.717) is 17.5 Å². The summed E-state index contributed by atoms with van der Waals surface area (Å²) in [5.41, 5.74) is 2.18. The molecular weight excluding hydrogens is 336 g/mol. The van der Waals surface area contributed by atoms with Crippen LogP contribution < -0.4 is 5.32 Å². The summed E-state index contributed by atoms with van der Waals surface area (Å²) in [5.74, 6) is 0.302. The smallest absolute Gasteiger partial charge is 0.230 e. The molecule has 1 aromatic carbocycles. The molecule has 0 aliphatic rings. The largest absolute Gasteiger partial charge is 0.355 e. The minimum absolute atomic E-state index is 0.0103. The number of hydrogen-bond donors (Lipinski definition) is 1. The number of aromatic nitrogens is 5. The van der Waals surface area contributed by atoms with Crippen LogP contribution in [0, 0.1) is 6.92 Å². The second-order valence-corrected chi connectivity index (χ2v) is 6.52. The van der Waals surface area contributed by atoms with E-state index in [9.17, 15) is 4.79 Å². The minimum atomic E-state index is -0.0103. The van der Waals surface area contributed by atoms with Crippen molar-refractivity contribution in [3.8, 4) is 5.69 Å². The number of benzene rings is 1. The third-order valence-electron chi connectivity index (χ3n) is 3.61. The zero-order valence-electron chi connectivity index (χ0n) is 14.0. The fourth-order valence-electron chi connectivity index (χ4n) is 2.29. The van der Waals surface area contributed by atoms with Crippen molar-refractivity contribution in [1.29, 1.82) is 0 Å². The second kappa shape index (κ2) is 8.48. The van der Waals surface area contributed by atoms with Gasteiger partial charge in [0.2, 0.25) is 5.91 Å². The SMILES string of the molecule is Cc1ccc(-n2cnnc2SCC(=O)NCCCn2cccn2)cc1. The maximum absolute atomic E-state index is 12.0. The molecule has 1 N–H and O–H groups in total. The molecule has 0 spiro atoms. The van der Waals surface area contributed by atoms with Crippen LogP contribution in [0.25, 0.3) is 5.69 Å². The summed E-state index contributed by atoms with van der Waals surface area (Å²) in [6.07, 6.45) is 6.17. The fraction of sp³-hybridized carbons (Fsp3) is 0.294. The van der Waals surface area contributed by atoms with Crippen LogP contribution >= 0.6 is 11.8 Å². The standard InChI is InChI=1S/C17H20N6OS/c1-14-4-6-15(7-5-14)23-13-19-21-17(23)25-12-16(24)18-8-2-10-22-11-3-9-20-22/h3-7,9,11,13H,2,8,10,12H2,1H3,(H,18,24). The second-order valence-electron chi connectivity index (χ2n) is 5.58. The Morgan fingerprint density at radius 1 is 1.28 bits per heavy atom. The Labute approximate surface area is 150 Å². The van der Waals surface area contributed by atoms with Gasteiger partial charge in [0.05, 0.1) is 5.75 Å². The highest BCUT2D eigenvalue weighted by Gasteiger charge is 2.10. The van der Waals surface area contributed by atoms with Gasteiger partial charge in [0.25, 0.3) is 0 Å². The molecule has 0 fully saturated rings. The van der Waals surface area contributed by atoms with Crippen molar-refractivity contribution in [3.05, 3.63) is 54.6 Å². The summed E-state index contributed by atoms with van der Waals surface area (Å²) < 4.78 is 3.74. The maximum Gasteiger partial charge on any atom is 0.230 e. The summed E-state index contributed by atoms with van der Waals surface area (Å²) in [7, 11) is 0. The van der Waals surface area contributed by atoms with E-state index in [-0.39, 0.29) is 5.91 Å². The molecule has 130 valence electrons. The molecule has 0 saturated heterocycles. The van der Waals surface area contributed by atoms with Crippen LogP contribution in [-0.4, -0.2) is 42.7 Å². The molecule has 2 aromatic heterocycles. The molecule has 0 radical (unpaired) electrons. The molecule has 0 aliphatic carbocycles. The van der Waals surface area contributed by atoms with Crippen molar-refractivity contribution < 1.29 is 4.79 Å². The molecule has 3 rings (SSSR count). The molecule has 0 aliphatic heterocycles. The van der Waals surface area contributed by atoms with E-state index in [1.807, 2.05) is 52.7 Å². The topological polar surface area (TPSA) is 77.6 Å². The number of nitrogens with one attached hydrogen (secondary N) is 1. The van der Waals surface area contributed by atoms with E-state index in [0.717, 1.165) is 18.7 Å². The number of hydrogen-bond acceptors (Lipinski definition) is 5. The van der Waals surface area contributed by atoms with E-state index < -0.39 is 0 Å². The molecule has 3 aromatic rings. The van der Waals surface area contributed by atoms with Crippen LogP contribution in [0.3, 0.4) is 0 Å². The Bertz CT molecular complexity index is 797. The molecule has 0 atom stereocenters. The van der Waals surface area contributed by atoms with Gasteiger partial charge in [-0.1, -0.05) is 29.5 Å². The highest BCUT2D eigenvalue weighted by atomic mass is 32.2. The lowest BCUT2D eigenvalue weighted by Gasteiger charge is -2.07. The molecule has 8 heteroatoms. The summed E-state index contributed by atoms with van der Waals surface area (Å²) >= 11 is 1.38. The first-order valence-electron chi connectivity index (χ1n) is 8.06. The van der Waals surface area contributed by atoms with Gasteiger partial charge in [-0.05, 0) is 31.5 Å². The van der Waals surface area contributed by atoms with E-state index in [2.05, 4.69) is 20.6 Å². The van der Waals surface area contributed by atoms with E-state index in [1.54, 1.807) is 12.5 Å². The predicted octanol–water partition coefficient (Wildman–Crippen LogP) is 2.07. The third kappa shape index (κ3) is 4.93. The number of carbonyl (C=O) groups is 1. The minimum Gasteiger partial charge on any atom is -0.355 e. The van der Waals surface area contributed by atoms with E-state index >= 15 is 0 Å². The van der Waals surface area contributed by atoms with Gasteiger partial charge in [-0.15, -0.1) is 10.2 Å². The number of thioether (sulfide) groups is 1. The lowest BCUT2D eigenvalue weighted by Crippen LogP contribution is -2.27. The average Bonchev–Trinajstić information content (AvgIpc) is 3.29. The Balaban J connectivity index is 1.44. The first kappa shape index (κ1) is 17.2. The zero-order chi connectivity index (χ0) is 17.5. The van der Waals surface area contributed by atoms with Gasteiger partial charge >= 0.3 is 0 Å². The third-order valence-corrected chi connectivity index (χ3v) is 4.55. The summed E-state index contributed by atoms with van der Waals surface area (Å²) in [5, 5.41) is 15.8. The normalized spacial score (nSPS) is 10.8. The highest BCUT2D eigenvalue weighted by Crippen LogP contribution is 2.19. The maximum atomic E-state index is 12.0. The Morgan fingerprint density at radius 3 is 2.88 bits per heavy atom. The average molecular weight is 356 g/mol. The first-order chi connectivity index (χ1) is 12.2. The number of carbonyl (C=O) groups excluding carboxylic acids is 1. The van der Waals surface area contributed by atoms with Crippen molar-refractivity contribution >= 4 is 17.7 Å². The van der Waals surface area contributed by atoms with Crippen molar-refractivity contribution in [1.82, 2.24) is 29.9 Å². The van der Waals surface area contributed by atoms with Gasteiger partial charge in [0.15, 0.2) is 5.16 Å². The fourth-order valence-corrected chi connectivity index (χ4v) is 3.05. The molecule has 1 amide bonds. The molecule has 7 nitrogen and oxygen atoms in total. The summed E-state index contributed by atoms with van der Waals surface area (Å²) in [6.45, 7) is 3.47. The lowest BCUT2D eigenvalue weighted by atomic mass is 10.2. The number of nitrogens with zero attached hydrogens (tertiary/aromatic N) is 5. The molecule has 2 heterocycles. The Kier molecular flexibility index (Phi) is 5.84. The van der Waals surface area contributed by atoms with Crippen molar-refractivity contribution in [2.24, 2.45) is 0 Å².